The Labute approximate surface area is 178 Å². The van der Waals surface area contributed by atoms with E-state index in [0.29, 0.717) is 16.8 Å². The van der Waals surface area contributed by atoms with Gasteiger partial charge in [0.05, 0.1) is 11.4 Å². The first kappa shape index (κ1) is 22.4. The average molecular weight is 433 g/mol. The number of nitrogens with zero attached hydrogens (tertiary/aromatic N) is 1. The van der Waals surface area contributed by atoms with E-state index in [4.69, 9.17) is 0 Å². The standard InChI is InChI=1S/C23H29FN2O3S/c1-16-13-17(2)23(18(3)14-16)30(28,29)26(21-7-5-4-6-8-21)15-22(27)25-20-11-9-19(24)10-12-20/h9-14,21H,4-8,15H2,1-3H3,(H,25,27). The van der Waals surface area contributed by atoms with Gasteiger partial charge in [0.25, 0.3) is 0 Å². The first-order valence-electron chi connectivity index (χ1n) is 10.3. The molecule has 1 aliphatic rings. The van der Waals surface area contributed by atoms with Crippen molar-refractivity contribution >= 4 is 21.6 Å². The molecule has 0 saturated heterocycles. The van der Waals surface area contributed by atoms with Crippen molar-refractivity contribution in [1.29, 1.82) is 0 Å². The van der Waals surface area contributed by atoms with E-state index in [1.54, 1.807) is 13.8 Å². The molecule has 1 fully saturated rings. The molecule has 0 aliphatic heterocycles. The normalized spacial score (nSPS) is 15.4. The van der Waals surface area contributed by atoms with E-state index < -0.39 is 21.7 Å². The molecular formula is C23H29FN2O3S. The van der Waals surface area contributed by atoms with Crippen LogP contribution in [0.2, 0.25) is 0 Å². The third kappa shape index (κ3) is 5.08. The summed E-state index contributed by atoms with van der Waals surface area (Å²) in [5.74, 6) is -0.831. The van der Waals surface area contributed by atoms with Gasteiger partial charge in [-0.15, -0.1) is 0 Å². The fraction of sp³-hybridized carbons (Fsp3) is 0.435. The Morgan fingerprint density at radius 2 is 1.60 bits per heavy atom. The molecule has 1 saturated carbocycles. The predicted octanol–water partition coefficient (Wildman–Crippen LogP) is 4.71. The molecule has 3 rings (SSSR count). The fourth-order valence-electron chi connectivity index (χ4n) is 4.35. The van der Waals surface area contributed by atoms with Gasteiger partial charge in [0, 0.05) is 11.7 Å². The van der Waals surface area contributed by atoms with Crippen molar-refractivity contribution in [3.63, 3.8) is 0 Å². The highest BCUT2D eigenvalue weighted by Gasteiger charge is 2.35. The van der Waals surface area contributed by atoms with Gasteiger partial charge in [0.1, 0.15) is 5.82 Å². The Balaban J connectivity index is 1.92. The molecule has 0 aromatic heterocycles. The van der Waals surface area contributed by atoms with Gasteiger partial charge in [0.15, 0.2) is 0 Å². The Hall–Kier alpha value is -2.25. The number of hydrogen-bond acceptors (Lipinski definition) is 3. The van der Waals surface area contributed by atoms with Gasteiger partial charge in [-0.3, -0.25) is 4.79 Å². The molecule has 7 heteroatoms. The lowest BCUT2D eigenvalue weighted by Crippen LogP contribution is -2.46. The lowest BCUT2D eigenvalue weighted by atomic mass is 9.95. The summed E-state index contributed by atoms with van der Waals surface area (Å²) in [5.41, 5.74) is 2.81. The molecule has 1 N–H and O–H groups in total. The second kappa shape index (κ2) is 9.27. The van der Waals surface area contributed by atoms with Crippen LogP contribution in [0.15, 0.2) is 41.3 Å². The zero-order valence-corrected chi connectivity index (χ0v) is 18.6. The summed E-state index contributed by atoms with van der Waals surface area (Å²) in [5, 5.41) is 2.69. The van der Waals surface area contributed by atoms with E-state index in [0.717, 1.165) is 37.7 Å². The van der Waals surface area contributed by atoms with Crippen molar-refractivity contribution in [2.75, 3.05) is 11.9 Å². The minimum atomic E-state index is -3.86. The molecule has 0 atom stereocenters. The third-order valence-corrected chi connectivity index (χ3v) is 7.79. The van der Waals surface area contributed by atoms with Crippen molar-refractivity contribution in [3.8, 4) is 0 Å². The summed E-state index contributed by atoms with van der Waals surface area (Å²) in [4.78, 5) is 13.0. The molecule has 1 amide bonds. The number of halogens is 1. The molecule has 0 unspecified atom stereocenters. The van der Waals surface area contributed by atoms with Crippen LogP contribution in [0.25, 0.3) is 0 Å². The smallest absolute Gasteiger partial charge is 0.244 e. The first-order valence-corrected chi connectivity index (χ1v) is 11.8. The van der Waals surface area contributed by atoms with E-state index in [2.05, 4.69) is 5.32 Å². The van der Waals surface area contributed by atoms with Gasteiger partial charge in [-0.25, -0.2) is 12.8 Å². The Bertz CT molecular complexity index is 990. The molecule has 162 valence electrons. The Morgan fingerprint density at radius 3 is 2.17 bits per heavy atom. The SMILES string of the molecule is Cc1cc(C)c(S(=O)(=O)N(CC(=O)Nc2ccc(F)cc2)C2CCCCC2)c(C)c1. The number of carbonyl (C=O) groups is 1. The number of rotatable bonds is 6. The summed E-state index contributed by atoms with van der Waals surface area (Å²) < 4.78 is 41.9. The highest BCUT2D eigenvalue weighted by Crippen LogP contribution is 2.31. The van der Waals surface area contributed by atoms with Gasteiger partial charge in [-0.2, -0.15) is 4.31 Å². The van der Waals surface area contributed by atoms with Crippen LogP contribution < -0.4 is 5.32 Å². The van der Waals surface area contributed by atoms with Crippen LogP contribution in [-0.4, -0.2) is 31.2 Å². The van der Waals surface area contributed by atoms with E-state index in [9.17, 15) is 17.6 Å². The van der Waals surface area contributed by atoms with Crippen molar-refractivity contribution < 1.29 is 17.6 Å². The molecular weight excluding hydrogens is 403 g/mol. The van der Waals surface area contributed by atoms with Crippen LogP contribution in [0.4, 0.5) is 10.1 Å². The second-order valence-corrected chi connectivity index (χ2v) is 9.95. The maximum absolute atomic E-state index is 13.7. The van der Waals surface area contributed by atoms with Gasteiger partial charge in [0.2, 0.25) is 15.9 Å². The number of amides is 1. The van der Waals surface area contributed by atoms with Crippen molar-refractivity contribution in [3.05, 3.63) is 58.9 Å². The highest BCUT2D eigenvalue weighted by atomic mass is 32.2. The second-order valence-electron chi connectivity index (χ2n) is 8.13. The molecule has 2 aromatic carbocycles. The van der Waals surface area contributed by atoms with Crippen LogP contribution in [-0.2, 0) is 14.8 Å². The van der Waals surface area contributed by atoms with Crippen molar-refractivity contribution in [2.45, 2.75) is 63.8 Å². The van der Waals surface area contributed by atoms with Crippen LogP contribution in [0.5, 0.6) is 0 Å². The summed E-state index contributed by atoms with van der Waals surface area (Å²) >= 11 is 0. The summed E-state index contributed by atoms with van der Waals surface area (Å²) in [6, 6.07) is 8.94. The number of hydrogen-bond donors (Lipinski definition) is 1. The zero-order valence-electron chi connectivity index (χ0n) is 17.7. The molecule has 5 nitrogen and oxygen atoms in total. The highest BCUT2D eigenvalue weighted by molar-refractivity contribution is 7.89. The molecule has 1 aliphatic carbocycles. The minimum Gasteiger partial charge on any atom is -0.325 e. The van der Waals surface area contributed by atoms with Gasteiger partial charge >= 0.3 is 0 Å². The van der Waals surface area contributed by atoms with Crippen molar-refractivity contribution in [1.82, 2.24) is 4.31 Å². The molecule has 30 heavy (non-hydrogen) atoms. The molecule has 0 radical (unpaired) electrons. The van der Waals surface area contributed by atoms with Gasteiger partial charge < -0.3 is 5.32 Å². The monoisotopic (exact) mass is 432 g/mol. The quantitative estimate of drug-likeness (QED) is 0.719. The third-order valence-electron chi connectivity index (χ3n) is 5.58. The van der Waals surface area contributed by atoms with Gasteiger partial charge in [-0.05, 0) is 69.0 Å². The van der Waals surface area contributed by atoms with Crippen LogP contribution in [0.1, 0.15) is 48.8 Å². The first-order chi connectivity index (χ1) is 14.2. The molecule has 0 heterocycles. The van der Waals surface area contributed by atoms with E-state index in [-0.39, 0.29) is 17.5 Å². The fourth-order valence-corrected chi connectivity index (χ4v) is 6.40. The Kier molecular flexibility index (Phi) is 6.93. The summed E-state index contributed by atoms with van der Waals surface area (Å²) in [6.45, 7) is 5.26. The van der Waals surface area contributed by atoms with Crippen molar-refractivity contribution in [2.24, 2.45) is 0 Å². The van der Waals surface area contributed by atoms with Crippen LogP contribution in [0, 0.1) is 26.6 Å². The van der Waals surface area contributed by atoms with Gasteiger partial charge in [-0.1, -0.05) is 37.0 Å². The number of carbonyl (C=O) groups excluding carboxylic acids is 1. The van der Waals surface area contributed by atoms with E-state index in [1.807, 2.05) is 19.1 Å². The number of sulfonamides is 1. The number of nitrogens with one attached hydrogen (secondary N) is 1. The zero-order chi connectivity index (χ0) is 21.9. The number of benzene rings is 2. The molecule has 0 bridgehead atoms. The lowest BCUT2D eigenvalue weighted by molar-refractivity contribution is -0.116. The largest absolute Gasteiger partial charge is 0.325 e. The number of anilines is 1. The van der Waals surface area contributed by atoms with Crippen LogP contribution >= 0.6 is 0 Å². The topological polar surface area (TPSA) is 66.5 Å². The minimum absolute atomic E-state index is 0.206. The van der Waals surface area contributed by atoms with E-state index in [1.165, 1.54) is 28.6 Å². The summed E-state index contributed by atoms with van der Waals surface area (Å²) in [6.07, 6.45) is 4.46. The van der Waals surface area contributed by atoms with Crippen LogP contribution in [0.3, 0.4) is 0 Å². The molecule has 0 spiro atoms. The predicted molar refractivity (Wildman–Crippen MR) is 116 cm³/mol. The summed E-state index contributed by atoms with van der Waals surface area (Å²) in [7, 11) is -3.86. The Morgan fingerprint density at radius 1 is 1.03 bits per heavy atom. The lowest BCUT2D eigenvalue weighted by Gasteiger charge is -2.33. The maximum Gasteiger partial charge on any atom is 0.244 e. The van der Waals surface area contributed by atoms with E-state index >= 15 is 0 Å². The number of aryl methyl sites for hydroxylation is 3. The molecule has 2 aromatic rings. The maximum atomic E-state index is 13.7. The average Bonchev–Trinajstić information content (AvgIpc) is 2.67.